The monoisotopic (exact) mass is 572 g/mol. The molecule has 9 rings (SSSR count). The van der Waals surface area contributed by atoms with Crippen LogP contribution in [0.1, 0.15) is 0 Å². The quantitative estimate of drug-likeness (QED) is 0.191. The summed E-state index contributed by atoms with van der Waals surface area (Å²) < 4.78 is 6.17. The van der Waals surface area contributed by atoms with E-state index < -0.39 is 0 Å². The van der Waals surface area contributed by atoms with Gasteiger partial charge < -0.3 is 4.42 Å². The first kappa shape index (κ1) is 25.6. The molecule has 0 N–H and O–H groups in total. The van der Waals surface area contributed by atoms with Gasteiger partial charge in [-0.3, -0.25) is 0 Å². The predicted octanol–water partition coefficient (Wildman–Crippen LogP) is 12.6. The van der Waals surface area contributed by atoms with E-state index in [2.05, 4.69) is 152 Å². The Kier molecular flexibility index (Phi) is 5.89. The highest BCUT2D eigenvalue weighted by Crippen LogP contribution is 2.44. The fourth-order valence-corrected chi connectivity index (χ4v) is 7.00. The van der Waals surface area contributed by atoms with E-state index >= 15 is 0 Å². The summed E-state index contributed by atoms with van der Waals surface area (Å²) in [5, 5.41) is 8.65. The average molecular weight is 573 g/mol. The zero-order valence-electron chi connectivity index (χ0n) is 24.6. The molecule has 0 aliphatic heterocycles. The van der Waals surface area contributed by atoms with Gasteiger partial charge in [-0.15, -0.1) is 0 Å². The molecule has 0 aliphatic carbocycles. The Morgan fingerprint density at radius 3 is 1.51 bits per heavy atom. The Labute approximate surface area is 261 Å². The fourth-order valence-electron chi connectivity index (χ4n) is 7.00. The summed E-state index contributed by atoms with van der Waals surface area (Å²) in [5.41, 5.74) is 9.40. The molecule has 0 saturated carbocycles. The zero-order chi connectivity index (χ0) is 29.7. The second-order valence-corrected chi connectivity index (χ2v) is 11.7. The lowest BCUT2D eigenvalue weighted by atomic mass is 9.85. The number of fused-ring (bicyclic) bond motifs is 4. The molecule has 1 aromatic heterocycles. The summed E-state index contributed by atoms with van der Waals surface area (Å²) in [4.78, 5) is 0. The topological polar surface area (TPSA) is 13.1 Å². The van der Waals surface area contributed by atoms with Crippen molar-refractivity contribution in [3.63, 3.8) is 0 Å². The molecule has 45 heavy (non-hydrogen) atoms. The molecule has 0 spiro atoms. The molecule has 8 aromatic carbocycles. The van der Waals surface area contributed by atoms with Crippen molar-refractivity contribution in [1.29, 1.82) is 0 Å². The molecule has 0 atom stereocenters. The van der Waals surface area contributed by atoms with Crippen molar-refractivity contribution < 1.29 is 4.42 Å². The van der Waals surface area contributed by atoms with E-state index in [0.29, 0.717) is 0 Å². The maximum atomic E-state index is 6.17. The van der Waals surface area contributed by atoms with Crippen molar-refractivity contribution in [2.24, 2.45) is 0 Å². The van der Waals surface area contributed by atoms with Crippen LogP contribution in [0.15, 0.2) is 174 Å². The summed E-state index contributed by atoms with van der Waals surface area (Å²) in [6, 6.07) is 61.1. The van der Waals surface area contributed by atoms with Crippen LogP contribution in [-0.2, 0) is 0 Å². The molecule has 9 aromatic rings. The third-order valence-corrected chi connectivity index (χ3v) is 9.07. The number of furan rings is 1. The summed E-state index contributed by atoms with van der Waals surface area (Å²) >= 11 is 0. The van der Waals surface area contributed by atoms with Crippen molar-refractivity contribution in [3.05, 3.63) is 170 Å². The van der Waals surface area contributed by atoms with Crippen LogP contribution in [0.4, 0.5) is 0 Å². The highest BCUT2D eigenvalue weighted by molar-refractivity contribution is 6.21. The van der Waals surface area contributed by atoms with E-state index in [0.717, 1.165) is 22.3 Å². The maximum absolute atomic E-state index is 6.17. The van der Waals surface area contributed by atoms with Gasteiger partial charge in [0, 0.05) is 10.9 Å². The van der Waals surface area contributed by atoms with Crippen LogP contribution >= 0.6 is 0 Å². The predicted molar refractivity (Wildman–Crippen MR) is 190 cm³/mol. The molecule has 0 fully saturated rings. The van der Waals surface area contributed by atoms with Crippen LogP contribution in [-0.4, -0.2) is 0 Å². The van der Waals surface area contributed by atoms with E-state index in [9.17, 15) is 0 Å². The van der Waals surface area contributed by atoms with Crippen molar-refractivity contribution in [2.45, 2.75) is 0 Å². The lowest BCUT2D eigenvalue weighted by Gasteiger charge is -2.18. The average Bonchev–Trinajstić information content (AvgIpc) is 3.55. The zero-order valence-corrected chi connectivity index (χ0v) is 24.6. The van der Waals surface area contributed by atoms with Crippen LogP contribution in [0, 0.1) is 0 Å². The second-order valence-electron chi connectivity index (χ2n) is 11.7. The van der Waals surface area contributed by atoms with E-state index in [1.54, 1.807) is 0 Å². The van der Waals surface area contributed by atoms with Crippen LogP contribution in [0.2, 0.25) is 0 Å². The summed E-state index contributed by atoms with van der Waals surface area (Å²) in [5.74, 6) is 0.888. The van der Waals surface area contributed by atoms with Gasteiger partial charge in [0.15, 0.2) is 0 Å². The number of hydrogen-bond acceptors (Lipinski definition) is 1. The Morgan fingerprint density at radius 1 is 0.311 bits per heavy atom. The molecule has 0 bridgehead atoms. The van der Waals surface area contributed by atoms with Gasteiger partial charge in [-0.05, 0) is 83.9 Å². The van der Waals surface area contributed by atoms with Gasteiger partial charge in [0.2, 0.25) is 0 Å². The largest absolute Gasteiger partial charge is 0.456 e. The van der Waals surface area contributed by atoms with Crippen molar-refractivity contribution in [2.75, 3.05) is 0 Å². The Morgan fingerprint density at radius 2 is 0.822 bits per heavy atom. The van der Waals surface area contributed by atoms with Crippen molar-refractivity contribution in [1.82, 2.24) is 0 Å². The van der Waals surface area contributed by atoms with Crippen LogP contribution < -0.4 is 0 Å². The Bertz CT molecular complexity index is 2440. The van der Waals surface area contributed by atoms with E-state index in [-0.39, 0.29) is 0 Å². The highest BCUT2D eigenvalue weighted by Gasteiger charge is 2.17. The molecule has 1 heterocycles. The Hall–Kier alpha value is -5.92. The van der Waals surface area contributed by atoms with Gasteiger partial charge in [0.05, 0.1) is 0 Å². The van der Waals surface area contributed by atoms with Gasteiger partial charge >= 0.3 is 0 Å². The lowest BCUT2D eigenvalue weighted by Crippen LogP contribution is -1.91. The van der Waals surface area contributed by atoms with Crippen LogP contribution in [0.25, 0.3) is 88.0 Å². The molecule has 1 nitrogen and oxygen atoms in total. The van der Waals surface area contributed by atoms with Gasteiger partial charge in [0.25, 0.3) is 0 Å². The Balaban J connectivity index is 1.23. The van der Waals surface area contributed by atoms with E-state index in [4.69, 9.17) is 4.42 Å². The van der Waals surface area contributed by atoms with Gasteiger partial charge in [-0.25, -0.2) is 0 Å². The highest BCUT2D eigenvalue weighted by atomic mass is 16.3. The van der Waals surface area contributed by atoms with Gasteiger partial charge in [0.1, 0.15) is 11.3 Å². The standard InChI is InChI=1S/C44H28O/c1-3-16-35-29(11-1)13-10-21-36(35)32-14-9-15-34(27-32)44-39-19-6-4-17-37(39)43(38-18-5-7-20-40(38)44)31-25-23-30(24-26-31)42-28-33-12-2-8-22-41(33)45-42/h1-28H. The molecule has 0 saturated heterocycles. The summed E-state index contributed by atoms with van der Waals surface area (Å²) in [6.45, 7) is 0. The number of rotatable bonds is 4. The molecule has 0 radical (unpaired) electrons. The third-order valence-electron chi connectivity index (χ3n) is 9.07. The van der Waals surface area contributed by atoms with E-state index in [1.165, 1.54) is 65.7 Å². The lowest BCUT2D eigenvalue weighted by molar-refractivity contribution is 0.631. The molecule has 210 valence electrons. The maximum Gasteiger partial charge on any atom is 0.135 e. The third kappa shape index (κ3) is 4.24. The smallest absolute Gasteiger partial charge is 0.135 e. The number of benzene rings is 8. The molecular formula is C44H28O. The first-order valence-electron chi connectivity index (χ1n) is 15.4. The first-order valence-corrected chi connectivity index (χ1v) is 15.4. The summed E-state index contributed by atoms with van der Waals surface area (Å²) in [6.07, 6.45) is 0. The molecule has 1 heteroatoms. The normalized spacial score (nSPS) is 11.6. The van der Waals surface area contributed by atoms with Crippen LogP contribution in [0.3, 0.4) is 0 Å². The number of hydrogen-bond donors (Lipinski definition) is 0. The van der Waals surface area contributed by atoms with Crippen molar-refractivity contribution in [3.8, 4) is 44.7 Å². The molecular weight excluding hydrogens is 544 g/mol. The SMILES string of the molecule is c1cc(-c2cccc3ccccc23)cc(-c2c3ccccc3c(-c3ccc(-c4cc5ccccc5o4)cc3)c3ccccc23)c1. The first-order chi connectivity index (χ1) is 22.3. The van der Waals surface area contributed by atoms with E-state index in [1.807, 2.05) is 18.2 Å². The minimum Gasteiger partial charge on any atom is -0.456 e. The van der Waals surface area contributed by atoms with Gasteiger partial charge in [-0.1, -0.05) is 152 Å². The summed E-state index contributed by atoms with van der Waals surface area (Å²) in [7, 11) is 0. The molecule has 0 amide bonds. The molecule has 0 aliphatic rings. The number of para-hydroxylation sites is 1. The minimum atomic E-state index is 0.888. The molecule has 0 unspecified atom stereocenters. The second kappa shape index (κ2) is 10.4. The fraction of sp³-hybridized carbons (Fsp3) is 0. The van der Waals surface area contributed by atoms with Gasteiger partial charge in [-0.2, -0.15) is 0 Å². The van der Waals surface area contributed by atoms with Crippen molar-refractivity contribution >= 4 is 43.3 Å². The van der Waals surface area contributed by atoms with Crippen LogP contribution in [0.5, 0.6) is 0 Å². The minimum absolute atomic E-state index is 0.888.